The Morgan fingerprint density at radius 1 is 1.04 bits per heavy atom. The maximum Gasteiger partial charge on any atom is 0.311 e. The SMILES string of the molecule is CC(C)(C)[Si](C)(C)OCc1ccc(OC(=O)CCCN2C(=O)C=CC2=O)cc1. The van der Waals surface area contributed by atoms with E-state index in [1.807, 2.05) is 12.1 Å². The van der Waals surface area contributed by atoms with Crippen LogP contribution in [-0.4, -0.2) is 37.5 Å². The normalized spacial score (nSPS) is 14.7. The second kappa shape index (κ2) is 8.83. The Hall–Kier alpha value is -2.25. The maximum atomic E-state index is 12.0. The van der Waals surface area contributed by atoms with Gasteiger partial charge in [-0.15, -0.1) is 0 Å². The van der Waals surface area contributed by atoms with E-state index >= 15 is 0 Å². The molecule has 2 amide bonds. The summed E-state index contributed by atoms with van der Waals surface area (Å²) < 4.78 is 11.5. The lowest BCUT2D eigenvalue weighted by Crippen LogP contribution is -2.40. The minimum atomic E-state index is -1.81. The van der Waals surface area contributed by atoms with Crippen LogP contribution in [-0.2, 0) is 25.4 Å². The van der Waals surface area contributed by atoms with Crippen molar-refractivity contribution in [3.8, 4) is 5.75 Å². The van der Waals surface area contributed by atoms with Crippen LogP contribution in [0.2, 0.25) is 18.1 Å². The topological polar surface area (TPSA) is 72.9 Å². The van der Waals surface area contributed by atoms with E-state index in [1.165, 1.54) is 12.2 Å². The van der Waals surface area contributed by atoms with Crippen molar-refractivity contribution in [3.63, 3.8) is 0 Å². The van der Waals surface area contributed by atoms with Gasteiger partial charge in [-0.05, 0) is 42.2 Å². The number of hydrogen-bond donors (Lipinski definition) is 0. The van der Waals surface area contributed by atoms with Crippen molar-refractivity contribution < 1.29 is 23.5 Å². The molecule has 0 atom stereocenters. The highest BCUT2D eigenvalue weighted by atomic mass is 28.4. The van der Waals surface area contributed by atoms with Crippen molar-refractivity contribution in [1.29, 1.82) is 0 Å². The first kappa shape index (κ1) is 22.0. The molecule has 0 fully saturated rings. The summed E-state index contributed by atoms with van der Waals surface area (Å²) in [4.78, 5) is 36.0. The van der Waals surface area contributed by atoms with Crippen molar-refractivity contribution in [2.45, 2.75) is 58.4 Å². The molecule has 7 heteroatoms. The molecule has 0 aliphatic carbocycles. The zero-order valence-corrected chi connectivity index (χ0v) is 18.3. The summed E-state index contributed by atoms with van der Waals surface area (Å²) in [6.45, 7) is 11.8. The van der Waals surface area contributed by atoms with E-state index < -0.39 is 14.3 Å². The van der Waals surface area contributed by atoms with E-state index in [4.69, 9.17) is 9.16 Å². The molecule has 0 aromatic heterocycles. The van der Waals surface area contributed by atoms with Crippen molar-refractivity contribution in [2.24, 2.45) is 0 Å². The number of hydrogen-bond acceptors (Lipinski definition) is 5. The Kier molecular flexibility index (Phi) is 6.95. The van der Waals surface area contributed by atoms with Gasteiger partial charge in [-0.3, -0.25) is 19.3 Å². The molecule has 0 saturated carbocycles. The van der Waals surface area contributed by atoms with Gasteiger partial charge in [-0.1, -0.05) is 32.9 Å². The highest BCUT2D eigenvalue weighted by Gasteiger charge is 2.37. The Labute approximate surface area is 167 Å². The van der Waals surface area contributed by atoms with E-state index in [0.29, 0.717) is 18.8 Å². The number of nitrogens with zero attached hydrogens (tertiary/aromatic N) is 1. The minimum Gasteiger partial charge on any atom is -0.427 e. The molecule has 0 radical (unpaired) electrons. The second-order valence-electron chi connectivity index (χ2n) is 8.43. The van der Waals surface area contributed by atoms with E-state index in [-0.39, 0.29) is 29.8 Å². The third-order valence-electron chi connectivity index (χ3n) is 5.22. The lowest BCUT2D eigenvalue weighted by atomic mass is 10.2. The molecule has 152 valence electrons. The molecule has 0 spiro atoms. The van der Waals surface area contributed by atoms with Gasteiger partial charge in [-0.25, -0.2) is 0 Å². The first-order valence-electron chi connectivity index (χ1n) is 9.47. The van der Waals surface area contributed by atoms with Crippen LogP contribution in [0, 0.1) is 0 Å². The standard InChI is InChI=1S/C21H29NO5Si/c1-21(2,3)28(4,5)26-15-16-8-10-17(11-9-16)27-20(25)7-6-14-22-18(23)12-13-19(22)24/h8-13H,6-7,14-15H2,1-5H3. The Bertz CT molecular complexity index is 744. The van der Waals surface area contributed by atoms with Crippen LogP contribution >= 0.6 is 0 Å². The van der Waals surface area contributed by atoms with Gasteiger partial charge >= 0.3 is 5.97 Å². The molecular formula is C21H29NO5Si. The molecule has 28 heavy (non-hydrogen) atoms. The largest absolute Gasteiger partial charge is 0.427 e. The molecular weight excluding hydrogens is 374 g/mol. The molecule has 1 aliphatic rings. The van der Waals surface area contributed by atoms with Gasteiger partial charge in [-0.2, -0.15) is 0 Å². The number of esters is 1. The fraction of sp³-hybridized carbons (Fsp3) is 0.476. The van der Waals surface area contributed by atoms with Gasteiger partial charge in [0.15, 0.2) is 8.32 Å². The zero-order chi connectivity index (χ0) is 20.9. The Morgan fingerprint density at radius 2 is 1.61 bits per heavy atom. The highest BCUT2D eigenvalue weighted by Crippen LogP contribution is 2.37. The van der Waals surface area contributed by atoms with E-state index in [2.05, 4.69) is 33.9 Å². The molecule has 0 bridgehead atoms. The predicted octanol–water partition coefficient (Wildman–Crippen LogP) is 3.82. The van der Waals surface area contributed by atoms with Gasteiger partial charge in [0, 0.05) is 25.1 Å². The lowest BCUT2D eigenvalue weighted by molar-refractivity contribution is -0.139. The summed E-state index contributed by atoms with van der Waals surface area (Å²) in [7, 11) is -1.81. The molecule has 1 aromatic rings. The summed E-state index contributed by atoms with van der Waals surface area (Å²) >= 11 is 0. The summed E-state index contributed by atoms with van der Waals surface area (Å²) in [6, 6.07) is 7.28. The molecule has 1 aromatic carbocycles. The summed E-state index contributed by atoms with van der Waals surface area (Å²) in [6.07, 6.45) is 2.97. The monoisotopic (exact) mass is 403 g/mol. The molecule has 2 rings (SSSR count). The number of ether oxygens (including phenoxy) is 1. The van der Waals surface area contributed by atoms with Gasteiger partial charge in [0.2, 0.25) is 0 Å². The average molecular weight is 404 g/mol. The summed E-state index contributed by atoms with van der Waals surface area (Å²) in [5.74, 6) is -0.601. The Morgan fingerprint density at radius 3 is 2.14 bits per heavy atom. The number of amides is 2. The van der Waals surface area contributed by atoms with Crippen LogP contribution in [0.1, 0.15) is 39.2 Å². The average Bonchev–Trinajstić information content (AvgIpc) is 2.92. The quantitative estimate of drug-likeness (QED) is 0.286. The molecule has 1 aliphatic heterocycles. The minimum absolute atomic E-state index is 0.132. The number of benzene rings is 1. The van der Waals surface area contributed by atoms with Crippen LogP contribution in [0.5, 0.6) is 5.75 Å². The fourth-order valence-electron chi connectivity index (χ4n) is 2.35. The van der Waals surface area contributed by atoms with Gasteiger partial charge in [0.25, 0.3) is 11.8 Å². The van der Waals surface area contributed by atoms with Gasteiger partial charge < -0.3 is 9.16 Å². The third-order valence-corrected chi connectivity index (χ3v) is 9.70. The zero-order valence-electron chi connectivity index (χ0n) is 17.3. The first-order chi connectivity index (χ1) is 13.0. The maximum absolute atomic E-state index is 12.0. The number of rotatable bonds is 8. The van der Waals surface area contributed by atoms with Gasteiger partial charge in [0.1, 0.15) is 5.75 Å². The smallest absolute Gasteiger partial charge is 0.311 e. The third kappa shape index (κ3) is 5.87. The molecule has 0 N–H and O–H groups in total. The van der Waals surface area contributed by atoms with E-state index in [0.717, 1.165) is 10.5 Å². The second-order valence-corrected chi connectivity index (χ2v) is 13.2. The highest BCUT2D eigenvalue weighted by molar-refractivity contribution is 6.74. The van der Waals surface area contributed by atoms with Crippen LogP contribution in [0.3, 0.4) is 0 Å². The number of carbonyl (C=O) groups excluding carboxylic acids is 3. The summed E-state index contributed by atoms with van der Waals surface area (Å²) in [5, 5.41) is 0.156. The van der Waals surface area contributed by atoms with Crippen molar-refractivity contribution >= 4 is 26.1 Å². The van der Waals surface area contributed by atoms with E-state index in [9.17, 15) is 14.4 Å². The Balaban J connectivity index is 1.76. The van der Waals surface area contributed by atoms with Gasteiger partial charge in [0.05, 0.1) is 6.61 Å². The number of imide groups is 1. The van der Waals surface area contributed by atoms with Crippen LogP contribution < -0.4 is 4.74 Å². The van der Waals surface area contributed by atoms with Crippen molar-refractivity contribution in [1.82, 2.24) is 4.90 Å². The van der Waals surface area contributed by atoms with E-state index in [1.54, 1.807) is 12.1 Å². The van der Waals surface area contributed by atoms with Crippen LogP contribution in [0.15, 0.2) is 36.4 Å². The molecule has 0 unspecified atom stereocenters. The fourth-order valence-corrected chi connectivity index (χ4v) is 3.31. The molecule has 1 heterocycles. The van der Waals surface area contributed by atoms with Crippen LogP contribution in [0.25, 0.3) is 0 Å². The molecule has 0 saturated heterocycles. The summed E-state index contributed by atoms with van der Waals surface area (Å²) in [5.41, 5.74) is 1.03. The lowest BCUT2D eigenvalue weighted by Gasteiger charge is -2.36. The first-order valence-corrected chi connectivity index (χ1v) is 12.4. The van der Waals surface area contributed by atoms with Crippen molar-refractivity contribution in [3.05, 3.63) is 42.0 Å². The predicted molar refractivity (Wildman–Crippen MR) is 109 cm³/mol. The molecule has 6 nitrogen and oxygen atoms in total. The van der Waals surface area contributed by atoms with Crippen LogP contribution in [0.4, 0.5) is 0 Å². The number of carbonyl (C=O) groups is 3. The van der Waals surface area contributed by atoms with Crippen molar-refractivity contribution in [2.75, 3.05) is 6.54 Å².